The molecule has 0 aliphatic carbocycles. The first-order valence-corrected chi connectivity index (χ1v) is 5.95. The molecule has 0 aliphatic rings. The average molecular weight is 239 g/mol. The number of nitrogens with two attached hydrogens (primary N) is 1. The SMILES string of the molecule is C=Cc1cccc(COc2ccccc2CN)c1. The highest BCUT2D eigenvalue weighted by atomic mass is 16.5. The van der Waals surface area contributed by atoms with E-state index >= 15 is 0 Å². The number of rotatable bonds is 5. The van der Waals surface area contributed by atoms with Gasteiger partial charge in [-0.05, 0) is 23.3 Å². The summed E-state index contributed by atoms with van der Waals surface area (Å²) in [6, 6.07) is 16.0. The third kappa shape index (κ3) is 2.99. The van der Waals surface area contributed by atoms with E-state index in [0.717, 1.165) is 22.4 Å². The zero-order chi connectivity index (χ0) is 12.8. The number of ether oxygens (including phenoxy) is 1. The first-order valence-electron chi connectivity index (χ1n) is 5.95. The minimum Gasteiger partial charge on any atom is -0.489 e. The summed E-state index contributed by atoms with van der Waals surface area (Å²) in [4.78, 5) is 0. The summed E-state index contributed by atoms with van der Waals surface area (Å²) in [6.07, 6.45) is 1.83. The zero-order valence-corrected chi connectivity index (χ0v) is 10.3. The molecule has 0 aromatic heterocycles. The van der Waals surface area contributed by atoms with Crippen molar-refractivity contribution in [1.82, 2.24) is 0 Å². The van der Waals surface area contributed by atoms with Crippen LogP contribution in [0.4, 0.5) is 0 Å². The van der Waals surface area contributed by atoms with Crippen LogP contribution in [-0.2, 0) is 13.2 Å². The van der Waals surface area contributed by atoms with Crippen molar-refractivity contribution in [3.8, 4) is 5.75 Å². The van der Waals surface area contributed by atoms with Crippen LogP contribution in [0.2, 0.25) is 0 Å². The Morgan fingerprint density at radius 1 is 1.11 bits per heavy atom. The Hall–Kier alpha value is -2.06. The number of hydrogen-bond acceptors (Lipinski definition) is 2. The third-order valence-electron chi connectivity index (χ3n) is 2.77. The maximum absolute atomic E-state index is 5.80. The second-order valence-electron chi connectivity index (χ2n) is 4.05. The normalized spacial score (nSPS) is 10.1. The molecule has 0 saturated carbocycles. The molecule has 0 saturated heterocycles. The number of para-hydroxylation sites is 1. The van der Waals surface area contributed by atoms with Gasteiger partial charge in [0.15, 0.2) is 0 Å². The lowest BCUT2D eigenvalue weighted by Crippen LogP contribution is -2.02. The summed E-state index contributed by atoms with van der Waals surface area (Å²) >= 11 is 0. The van der Waals surface area contributed by atoms with E-state index in [1.54, 1.807) is 0 Å². The Kier molecular flexibility index (Phi) is 4.15. The fourth-order valence-electron chi connectivity index (χ4n) is 1.78. The Morgan fingerprint density at radius 3 is 2.72 bits per heavy atom. The first kappa shape index (κ1) is 12.4. The lowest BCUT2D eigenvalue weighted by molar-refractivity contribution is 0.303. The third-order valence-corrected chi connectivity index (χ3v) is 2.77. The molecule has 2 aromatic rings. The molecule has 0 heterocycles. The van der Waals surface area contributed by atoms with Crippen LogP contribution >= 0.6 is 0 Å². The zero-order valence-electron chi connectivity index (χ0n) is 10.3. The molecule has 0 amide bonds. The lowest BCUT2D eigenvalue weighted by Gasteiger charge is -2.10. The van der Waals surface area contributed by atoms with Crippen molar-refractivity contribution in [2.24, 2.45) is 5.73 Å². The number of hydrogen-bond donors (Lipinski definition) is 1. The molecule has 0 unspecified atom stereocenters. The predicted octanol–water partition coefficient (Wildman–Crippen LogP) is 3.37. The van der Waals surface area contributed by atoms with Crippen molar-refractivity contribution in [3.63, 3.8) is 0 Å². The molecule has 0 spiro atoms. The van der Waals surface area contributed by atoms with Crippen LogP contribution in [0.1, 0.15) is 16.7 Å². The monoisotopic (exact) mass is 239 g/mol. The second kappa shape index (κ2) is 6.03. The standard InChI is InChI=1S/C16H17NO/c1-2-13-6-5-7-14(10-13)12-18-16-9-4-3-8-15(16)11-17/h2-10H,1,11-12,17H2. The van der Waals surface area contributed by atoms with Gasteiger partial charge in [0.05, 0.1) is 0 Å². The smallest absolute Gasteiger partial charge is 0.124 e. The molecule has 0 aliphatic heterocycles. The van der Waals surface area contributed by atoms with Gasteiger partial charge in [0.2, 0.25) is 0 Å². The van der Waals surface area contributed by atoms with Crippen LogP contribution < -0.4 is 10.5 Å². The lowest BCUT2D eigenvalue weighted by atomic mass is 10.1. The van der Waals surface area contributed by atoms with Gasteiger partial charge in [-0.15, -0.1) is 0 Å². The minimum absolute atomic E-state index is 0.489. The van der Waals surface area contributed by atoms with Crippen molar-refractivity contribution >= 4 is 6.08 Å². The van der Waals surface area contributed by atoms with Crippen molar-refractivity contribution in [2.45, 2.75) is 13.2 Å². The summed E-state index contributed by atoms with van der Waals surface area (Å²) in [5, 5.41) is 0. The quantitative estimate of drug-likeness (QED) is 0.868. The largest absolute Gasteiger partial charge is 0.489 e. The van der Waals surface area contributed by atoms with Crippen molar-refractivity contribution < 1.29 is 4.74 Å². The van der Waals surface area contributed by atoms with Crippen molar-refractivity contribution in [1.29, 1.82) is 0 Å². The molecular weight excluding hydrogens is 222 g/mol. The first-order chi connectivity index (χ1) is 8.83. The van der Waals surface area contributed by atoms with Crippen LogP contribution in [0.15, 0.2) is 55.1 Å². The predicted molar refractivity (Wildman–Crippen MR) is 75.2 cm³/mol. The van der Waals surface area contributed by atoms with E-state index in [-0.39, 0.29) is 0 Å². The maximum atomic E-state index is 5.80. The van der Waals surface area contributed by atoms with Crippen LogP contribution in [-0.4, -0.2) is 0 Å². The molecule has 2 N–H and O–H groups in total. The van der Waals surface area contributed by atoms with E-state index in [9.17, 15) is 0 Å². The van der Waals surface area contributed by atoms with E-state index in [0.29, 0.717) is 13.2 Å². The highest BCUT2D eigenvalue weighted by Crippen LogP contribution is 2.19. The fraction of sp³-hybridized carbons (Fsp3) is 0.125. The molecule has 2 aromatic carbocycles. The van der Waals surface area contributed by atoms with Gasteiger partial charge in [0.1, 0.15) is 12.4 Å². The summed E-state index contributed by atoms with van der Waals surface area (Å²) in [5.41, 5.74) is 8.92. The van der Waals surface area contributed by atoms with Crippen molar-refractivity contribution in [2.75, 3.05) is 0 Å². The molecule has 0 fully saturated rings. The van der Waals surface area contributed by atoms with Gasteiger partial charge in [-0.3, -0.25) is 0 Å². The second-order valence-corrected chi connectivity index (χ2v) is 4.05. The van der Waals surface area contributed by atoms with Gasteiger partial charge in [-0.2, -0.15) is 0 Å². The molecule has 2 heteroatoms. The highest BCUT2D eigenvalue weighted by Gasteiger charge is 2.01. The summed E-state index contributed by atoms with van der Waals surface area (Å²) in [6.45, 7) is 4.79. The molecule has 0 atom stereocenters. The van der Waals surface area contributed by atoms with E-state index < -0.39 is 0 Å². The van der Waals surface area contributed by atoms with Crippen LogP contribution in [0, 0.1) is 0 Å². The fourth-order valence-corrected chi connectivity index (χ4v) is 1.78. The Labute approximate surface area is 108 Å². The minimum atomic E-state index is 0.489. The highest BCUT2D eigenvalue weighted by molar-refractivity contribution is 5.47. The van der Waals surface area contributed by atoms with Crippen LogP contribution in [0.3, 0.4) is 0 Å². The Balaban J connectivity index is 2.08. The van der Waals surface area contributed by atoms with Gasteiger partial charge >= 0.3 is 0 Å². The topological polar surface area (TPSA) is 35.2 Å². The van der Waals surface area contributed by atoms with E-state index in [1.807, 2.05) is 48.5 Å². The molecule has 92 valence electrons. The molecule has 0 bridgehead atoms. The number of benzene rings is 2. The Morgan fingerprint density at radius 2 is 1.94 bits per heavy atom. The van der Waals surface area contributed by atoms with E-state index in [1.165, 1.54) is 0 Å². The van der Waals surface area contributed by atoms with Gasteiger partial charge in [0.25, 0.3) is 0 Å². The van der Waals surface area contributed by atoms with Gasteiger partial charge in [-0.1, -0.05) is 49.1 Å². The van der Waals surface area contributed by atoms with Crippen molar-refractivity contribution in [3.05, 3.63) is 71.8 Å². The van der Waals surface area contributed by atoms with Gasteiger partial charge in [0, 0.05) is 12.1 Å². The molecule has 2 rings (SSSR count). The molecular formula is C16H17NO. The maximum Gasteiger partial charge on any atom is 0.124 e. The molecule has 2 nitrogen and oxygen atoms in total. The van der Waals surface area contributed by atoms with Crippen LogP contribution in [0.5, 0.6) is 5.75 Å². The molecule has 18 heavy (non-hydrogen) atoms. The van der Waals surface area contributed by atoms with E-state index in [4.69, 9.17) is 10.5 Å². The average Bonchev–Trinajstić information content (AvgIpc) is 2.45. The van der Waals surface area contributed by atoms with Gasteiger partial charge < -0.3 is 10.5 Å². The van der Waals surface area contributed by atoms with Gasteiger partial charge in [-0.25, -0.2) is 0 Å². The summed E-state index contributed by atoms with van der Waals surface area (Å²) in [5.74, 6) is 0.851. The summed E-state index contributed by atoms with van der Waals surface area (Å²) < 4.78 is 5.80. The Bertz CT molecular complexity index is 534. The molecule has 0 radical (unpaired) electrons. The van der Waals surface area contributed by atoms with E-state index in [2.05, 4.69) is 12.6 Å². The summed E-state index contributed by atoms with van der Waals surface area (Å²) in [7, 11) is 0. The van der Waals surface area contributed by atoms with Crippen LogP contribution in [0.25, 0.3) is 6.08 Å².